The lowest BCUT2D eigenvalue weighted by atomic mass is 10.0. The number of rotatable bonds is 2. The maximum atomic E-state index is 3.59. The molecule has 1 N–H and O–H groups in total. The molecule has 88 valence electrons. The molecule has 1 rings (SSSR count). The lowest BCUT2D eigenvalue weighted by Crippen LogP contribution is -2.23. The Bertz CT molecular complexity index is 189. The molecule has 0 bridgehead atoms. The summed E-state index contributed by atoms with van der Waals surface area (Å²) < 4.78 is 0.684. The van der Waals surface area contributed by atoms with Crippen LogP contribution in [-0.2, 0) is 0 Å². The van der Waals surface area contributed by atoms with Crippen LogP contribution in [0.1, 0.15) is 58.3 Å². The standard InChI is InChI=1S/C13H24IN/c1-2-7-12-8-3-4-10-13(14)15-11-6-5-9-12/h8,13,15H,2-7,9-11H2,1H3. The van der Waals surface area contributed by atoms with Crippen molar-refractivity contribution < 1.29 is 0 Å². The first-order chi connectivity index (χ1) is 7.33. The molecule has 1 unspecified atom stereocenters. The van der Waals surface area contributed by atoms with E-state index in [-0.39, 0.29) is 0 Å². The molecule has 1 aliphatic heterocycles. The molecule has 2 heteroatoms. The number of allylic oxidation sites excluding steroid dienone is 2. The zero-order chi connectivity index (χ0) is 10.9. The van der Waals surface area contributed by atoms with Gasteiger partial charge in [-0.1, -0.05) is 47.6 Å². The van der Waals surface area contributed by atoms with Crippen LogP contribution in [0.5, 0.6) is 0 Å². The minimum Gasteiger partial charge on any atom is -0.305 e. The molecule has 0 aromatic rings. The van der Waals surface area contributed by atoms with Crippen LogP contribution in [0.2, 0.25) is 0 Å². The summed E-state index contributed by atoms with van der Waals surface area (Å²) in [6, 6.07) is 0. The monoisotopic (exact) mass is 321 g/mol. The van der Waals surface area contributed by atoms with E-state index in [9.17, 15) is 0 Å². The Hall–Kier alpha value is 0.430. The normalized spacial score (nSPS) is 25.5. The largest absolute Gasteiger partial charge is 0.305 e. The van der Waals surface area contributed by atoms with E-state index in [0.717, 1.165) is 0 Å². The minimum atomic E-state index is 0.684. The summed E-state index contributed by atoms with van der Waals surface area (Å²) in [5.74, 6) is 0. The van der Waals surface area contributed by atoms with Gasteiger partial charge in [-0.3, -0.25) is 0 Å². The molecule has 0 aromatic carbocycles. The molecule has 15 heavy (non-hydrogen) atoms. The van der Waals surface area contributed by atoms with Crippen molar-refractivity contribution in [2.45, 2.75) is 62.3 Å². The van der Waals surface area contributed by atoms with E-state index in [4.69, 9.17) is 0 Å². The fourth-order valence-electron chi connectivity index (χ4n) is 2.09. The third-order valence-electron chi connectivity index (χ3n) is 2.96. The molecular weight excluding hydrogens is 297 g/mol. The maximum absolute atomic E-state index is 3.59. The van der Waals surface area contributed by atoms with Crippen LogP contribution in [0.15, 0.2) is 11.6 Å². The van der Waals surface area contributed by atoms with Crippen LogP contribution >= 0.6 is 22.6 Å². The summed E-state index contributed by atoms with van der Waals surface area (Å²) >= 11 is 2.53. The van der Waals surface area contributed by atoms with E-state index in [1.807, 2.05) is 0 Å². The fraction of sp³-hybridized carbons (Fsp3) is 0.846. The quantitative estimate of drug-likeness (QED) is 0.344. The lowest BCUT2D eigenvalue weighted by molar-refractivity contribution is 0.581. The number of hydrogen-bond donors (Lipinski definition) is 1. The zero-order valence-electron chi connectivity index (χ0n) is 9.90. The Balaban J connectivity index is 2.38. The highest BCUT2D eigenvalue weighted by atomic mass is 127. The van der Waals surface area contributed by atoms with Gasteiger partial charge in [0.25, 0.3) is 0 Å². The molecule has 0 radical (unpaired) electrons. The SMILES string of the molecule is CCCC1=CCCCC(I)NCCCC1. The Morgan fingerprint density at radius 2 is 2.27 bits per heavy atom. The van der Waals surface area contributed by atoms with Crippen molar-refractivity contribution in [2.75, 3.05) is 6.54 Å². The first-order valence-electron chi connectivity index (χ1n) is 6.38. The average Bonchev–Trinajstić information content (AvgIpc) is 2.26. The number of hydrogen-bond acceptors (Lipinski definition) is 1. The lowest BCUT2D eigenvalue weighted by Gasteiger charge is -2.10. The van der Waals surface area contributed by atoms with Crippen LogP contribution in [0.25, 0.3) is 0 Å². The highest BCUT2D eigenvalue weighted by Gasteiger charge is 2.04. The molecule has 1 atom stereocenters. The Morgan fingerprint density at radius 3 is 3.07 bits per heavy atom. The summed E-state index contributed by atoms with van der Waals surface area (Å²) in [5.41, 5.74) is 1.71. The first kappa shape index (κ1) is 13.5. The smallest absolute Gasteiger partial charge is 0.0593 e. The minimum absolute atomic E-state index is 0.684. The first-order valence-corrected chi connectivity index (χ1v) is 7.63. The molecule has 1 nitrogen and oxygen atoms in total. The van der Waals surface area contributed by atoms with Crippen molar-refractivity contribution in [2.24, 2.45) is 0 Å². The molecule has 0 aliphatic carbocycles. The van der Waals surface area contributed by atoms with Gasteiger partial charge in [-0.05, 0) is 51.5 Å². The second-order valence-electron chi connectivity index (χ2n) is 4.42. The van der Waals surface area contributed by atoms with Gasteiger partial charge in [0.2, 0.25) is 0 Å². The topological polar surface area (TPSA) is 12.0 Å². The van der Waals surface area contributed by atoms with Crippen LogP contribution in [0, 0.1) is 0 Å². The van der Waals surface area contributed by atoms with E-state index in [0.29, 0.717) is 4.05 Å². The fourth-order valence-corrected chi connectivity index (χ4v) is 2.84. The van der Waals surface area contributed by atoms with Crippen molar-refractivity contribution in [3.63, 3.8) is 0 Å². The molecule has 0 aromatic heterocycles. The Morgan fingerprint density at radius 1 is 1.40 bits per heavy atom. The summed E-state index contributed by atoms with van der Waals surface area (Å²) in [5, 5.41) is 3.59. The molecule has 1 heterocycles. The van der Waals surface area contributed by atoms with E-state index < -0.39 is 0 Å². The maximum Gasteiger partial charge on any atom is 0.0593 e. The predicted octanol–water partition coefficient (Wildman–Crippen LogP) is 4.42. The molecule has 0 amide bonds. The van der Waals surface area contributed by atoms with Gasteiger partial charge in [0, 0.05) is 0 Å². The average molecular weight is 321 g/mol. The Labute approximate surface area is 108 Å². The predicted molar refractivity (Wildman–Crippen MR) is 76.5 cm³/mol. The third-order valence-corrected chi connectivity index (χ3v) is 4.02. The van der Waals surface area contributed by atoms with Crippen molar-refractivity contribution >= 4 is 22.6 Å². The van der Waals surface area contributed by atoms with Crippen molar-refractivity contribution in [3.8, 4) is 0 Å². The van der Waals surface area contributed by atoms with Crippen LogP contribution in [-0.4, -0.2) is 10.6 Å². The van der Waals surface area contributed by atoms with Crippen molar-refractivity contribution in [1.29, 1.82) is 0 Å². The Kier molecular flexibility index (Phi) is 7.71. The molecular formula is C13H24IN. The number of alkyl halides is 1. The summed E-state index contributed by atoms with van der Waals surface area (Å²) in [6.45, 7) is 3.49. The second-order valence-corrected chi connectivity index (χ2v) is 5.93. The molecule has 0 fully saturated rings. The molecule has 0 saturated carbocycles. The van der Waals surface area contributed by atoms with Gasteiger partial charge in [0.05, 0.1) is 4.05 Å². The third kappa shape index (κ3) is 6.56. The molecule has 0 saturated heterocycles. The zero-order valence-corrected chi connectivity index (χ0v) is 12.1. The summed E-state index contributed by atoms with van der Waals surface area (Å²) in [4.78, 5) is 0. The van der Waals surface area contributed by atoms with Gasteiger partial charge in [-0.2, -0.15) is 0 Å². The number of nitrogens with one attached hydrogen (secondary N) is 1. The van der Waals surface area contributed by atoms with Crippen LogP contribution in [0.4, 0.5) is 0 Å². The summed E-state index contributed by atoms with van der Waals surface area (Å²) in [7, 11) is 0. The van der Waals surface area contributed by atoms with Gasteiger partial charge >= 0.3 is 0 Å². The van der Waals surface area contributed by atoms with Crippen LogP contribution in [0.3, 0.4) is 0 Å². The summed E-state index contributed by atoms with van der Waals surface area (Å²) in [6.07, 6.45) is 13.1. The van der Waals surface area contributed by atoms with E-state index in [2.05, 4.69) is 40.9 Å². The van der Waals surface area contributed by atoms with E-state index >= 15 is 0 Å². The van der Waals surface area contributed by atoms with Gasteiger partial charge in [-0.25, -0.2) is 0 Å². The second kappa shape index (κ2) is 8.57. The van der Waals surface area contributed by atoms with E-state index in [1.54, 1.807) is 5.57 Å². The molecule has 0 spiro atoms. The molecule has 1 aliphatic rings. The van der Waals surface area contributed by atoms with Gasteiger partial charge in [0.1, 0.15) is 0 Å². The highest BCUT2D eigenvalue weighted by Crippen LogP contribution is 2.17. The van der Waals surface area contributed by atoms with Gasteiger partial charge in [0.15, 0.2) is 0 Å². The van der Waals surface area contributed by atoms with E-state index in [1.165, 1.54) is 57.9 Å². The van der Waals surface area contributed by atoms with Gasteiger partial charge < -0.3 is 5.32 Å². The number of halogens is 1. The van der Waals surface area contributed by atoms with Crippen molar-refractivity contribution in [1.82, 2.24) is 5.32 Å². The van der Waals surface area contributed by atoms with Gasteiger partial charge in [-0.15, -0.1) is 0 Å². The highest BCUT2D eigenvalue weighted by molar-refractivity contribution is 14.1. The van der Waals surface area contributed by atoms with Crippen LogP contribution < -0.4 is 5.32 Å². The van der Waals surface area contributed by atoms with Crippen molar-refractivity contribution in [3.05, 3.63) is 11.6 Å².